The molecule has 10 nitrogen and oxygen atoms in total. The number of pyridine rings is 1. The number of amides is 3. The van der Waals surface area contributed by atoms with Crippen molar-refractivity contribution in [3.8, 4) is 11.3 Å². The van der Waals surface area contributed by atoms with E-state index < -0.39 is 5.91 Å². The number of rotatable bonds is 7. The average Bonchev–Trinajstić information content (AvgIpc) is 3.37. The van der Waals surface area contributed by atoms with Crippen LogP contribution in [-0.2, 0) is 4.79 Å². The summed E-state index contributed by atoms with van der Waals surface area (Å²) in [5.74, 6) is -0.453. The van der Waals surface area contributed by atoms with Crippen LogP contribution >= 0.6 is 0 Å². The van der Waals surface area contributed by atoms with Gasteiger partial charge in [-0.05, 0) is 48.6 Å². The van der Waals surface area contributed by atoms with E-state index in [0.29, 0.717) is 34.3 Å². The van der Waals surface area contributed by atoms with E-state index in [1.165, 1.54) is 0 Å². The summed E-state index contributed by atoms with van der Waals surface area (Å²) in [5, 5.41) is 13.2. The van der Waals surface area contributed by atoms with Crippen molar-refractivity contribution in [3.05, 3.63) is 60.0 Å². The Hall–Kier alpha value is -4.47. The van der Waals surface area contributed by atoms with Crippen LogP contribution in [0.4, 0.5) is 11.5 Å². The van der Waals surface area contributed by atoms with Crippen molar-refractivity contribution in [3.63, 3.8) is 0 Å². The first-order chi connectivity index (χ1) is 18.1. The average molecular weight is 514 g/mol. The summed E-state index contributed by atoms with van der Waals surface area (Å²) < 4.78 is 0. The summed E-state index contributed by atoms with van der Waals surface area (Å²) in [4.78, 5) is 48.5. The quantitative estimate of drug-likeness (QED) is 0.289. The van der Waals surface area contributed by atoms with Gasteiger partial charge in [0.05, 0.1) is 17.5 Å². The molecule has 1 aromatic carbocycles. The molecule has 0 bridgehead atoms. The van der Waals surface area contributed by atoms with Crippen LogP contribution in [0, 0.1) is 5.41 Å². The summed E-state index contributed by atoms with van der Waals surface area (Å²) in [6.45, 7) is 6.06. The first-order valence-electron chi connectivity index (χ1n) is 12.6. The highest BCUT2D eigenvalue weighted by atomic mass is 16.2. The van der Waals surface area contributed by atoms with E-state index >= 15 is 0 Å². The number of nitrogens with one attached hydrogen (secondary N) is 4. The van der Waals surface area contributed by atoms with Crippen LogP contribution in [-0.4, -0.2) is 51.0 Å². The second-order valence-corrected chi connectivity index (χ2v) is 10.9. The lowest BCUT2D eigenvalue weighted by Gasteiger charge is -2.23. The Labute approximate surface area is 220 Å². The van der Waals surface area contributed by atoms with Crippen LogP contribution in [0.1, 0.15) is 60.9 Å². The molecule has 3 heterocycles. The monoisotopic (exact) mass is 513 g/mol. The van der Waals surface area contributed by atoms with Gasteiger partial charge in [-0.15, -0.1) is 0 Å². The van der Waals surface area contributed by atoms with Crippen molar-refractivity contribution in [2.24, 2.45) is 5.41 Å². The zero-order valence-corrected chi connectivity index (χ0v) is 21.9. The summed E-state index contributed by atoms with van der Waals surface area (Å²) >= 11 is 0. The number of carbonyl (C=O) groups is 3. The fourth-order valence-electron chi connectivity index (χ4n) is 4.22. The summed E-state index contributed by atoms with van der Waals surface area (Å²) in [6, 6.07) is 10.7. The number of hydrogen-bond donors (Lipinski definition) is 4. The van der Waals surface area contributed by atoms with Crippen LogP contribution in [0.5, 0.6) is 0 Å². The van der Waals surface area contributed by atoms with Crippen molar-refractivity contribution in [1.82, 2.24) is 25.5 Å². The molecule has 1 aliphatic carbocycles. The molecule has 4 aromatic rings. The maximum Gasteiger partial charge on any atom is 0.275 e. The van der Waals surface area contributed by atoms with Gasteiger partial charge in [0.2, 0.25) is 5.91 Å². The fraction of sp³-hybridized carbons (Fsp3) is 0.321. The van der Waals surface area contributed by atoms with Crippen molar-refractivity contribution < 1.29 is 14.4 Å². The number of aromatic amines is 2. The molecule has 1 aliphatic rings. The van der Waals surface area contributed by atoms with Gasteiger partial charge >= 0.3 is 0 Å². The molecule has 3 amide bonds. The van der Waals surface area contributed by atoms with Crippen molar-refractivity contribution in [2.45, 2.75) is 46.1 Å². The molecule has 0 atom stereocenters. The Morgan fingerprint density at radius 3 is 2.58 bits per heavy atom. The normalized spacial score (nSPS) is 13.4. The second kappa shape index (κ2) is 9.77. The minimum atomic E-state index is -0.458. The van der Waals surface area contributed by atoms with Crippen LogP contribution in [0.2, 0.25) is 0 Å². The van der Waals surface area contributed by atoms with Gasteiger partial charge in [-0.1, -0.05) is 26.8 Å². The maximum absolute atomic E-state index is 13.2. The van der Waals surface area contributed by atoms with Crippen LogP contribution in [0.15, 0.2) is 48.8 Å². The number of H-pyrrole nitrogens is 2. The minimum absolute atomic E-state index is 0.00721. The van der Waals surface area contributed by atoms with Crippen LogP contribution < -0.4 is 15.5 Å². The topological polar surface area (TPSA) is 136 Å². The SMILES string of the molecule is CN(C(=O)CC(C)(C)C)c1ccc2c(C(=O)NC3CC3)c(NC(=O)c3cccc(-c4cn[nH]c4)n3)[nH]c2c1. The van der Waals surface area contributed by atoms with E-state index in [1.807, 2.05) is 32.9 Å². The highest BCUT2D eigenvalue weighted by molar-refractivity contribution is 6.16. The third-order valence-corrected chi connectivity index (χ3v) is 6.38. The van der Waals surface area contributed by atoms with Crippen molar-refractivity contribution in [1.29, 1.82) is 0 Å². The molecule has 3 aromatic heterocycles. The Morgan fingerprint density at radius 1 is 1.11 bits per heavy atom. The van der Waals surface area contributed by atoms with Crippen molar-refractivity contribution in [2.75, 3.05) is 17.3 Å². The molecule has 5 rings (SSSR count). The molecule has 0 spiro atoms. The summed E-state index contributed by atoms with van der Waals surface area (Å²) in [6.07, 6.45) is 5.59. The standard InChI is InChI=1S/C28H31N7O3/c1-28(2,3)13-23(36)35(4)18-10-11-19-22(12-18)33-25(24(19)27(38)31-17-8-9-17)34-26(37)21-7-5-6-20(32-21)16-14-29-30-15-16/h5-7,10-12,14-15,17,33H,8-9,13H2,1-4H3,(H,29,30)(H,31,38)(H,34,37). The largest absolute Gasteiger partial charge is 0.349 e. The van der Waals surface area contributed by atoms with Crippen LogP contribution in [0.3, 0.4) is 0 Å². The van der Waals surface area contributed by atoms with Gasteiger partial charge in [-0.2, -0.15) is 5.10 Å². The van der Waals surface area contributed by atoms with Crippen LogP contribution in [0.25, 0.3) is 22.2 Å². The number of benzene rings is 1. The lowest BCUT2D eigenvalue weighted by molar-refractivity contribution is -0.120. The molecule has 10 heteroatoms. The number of nitrogens with zero attached hydrogens (tertiary/aromatic N) is 3. The molecule has 1 saturated carbocycles. The second-order valence-electron chi connectivity index (χ2n) is 10.9. The summed E-state index contributed by atoms with van der Waals surface area (Å²) in [7, 11) is 1.74. The highest BCUT2D eigenvalue weighted by Gasteiger charge is 2.28. The lowest BCUT2D eigenvalue weighted by Crippen LogP contribution is -2.29. The lowest BCUT2D eigenvalue weighted by atomic mass is 9.91. The molecule has 0 aliphatic heterocycles. The van der Waals surface area contributed by atoms with E-state index in [4.69, 9.17) is 0 Å². The molecule has 1 fully saturated rings. The van der Waals surface area contributed by atoms with Crippen molar-refractivity contribution >= 4 is 40.1 Å². The van der Waals surface area contributed by atoms with Gasteiger partial charge in [0.1, 0.15) is 11.5 Å². The summed E-state index contributed by atoms with van der Waals surface area (Å²) in [5.41, 5.74) is 3.08. The zero-order chi connectivity index (χ0) is 27.0. The molecule has 38 heavy (non-hydrogen) atoms. The molecule has 0 unspecified atom stereocenters. The first-order valence-corrected chi connectivity index (χ1v) is 12.6. The number of anilines is 2. The number of aromatic nitrogens is 4. The van der Waals surface area contributed by atoms with E-state index in [2.05, 4.69) is 30.8 Å². The van der Waals surface area contributed by atoms with Gasteiger partial charge < -0.3 is 20.5 Å². The highest BCUT2D eigenvalue weighted by Crippen LogP contribution is 2.32. The van der Waals surface area contributed by atoms with Gasteiger partial charge in [0.15, 0.2) is 0 Å². The number of fused-ring (bicyclic) bond motifs is 1. The van der Waals surface area contributed by atoms with E-state index in [0.717, 1.165) is 18.4 Å². The molecule has 0 radical (unpaired) electrons. The third kappa shape index (κ3) is 5.44. The molecule has 196 valence electrons. The predicted molar refractivity (Wildman–Crippen MR) is 146 cm³/mol. The Morgan fingerprint density at radius 2 is 1.89 bits per heavy atom. The Bertz CT molecular complexity index is 1510. The predicted octanol–water partition coefficient (Wildman–Crippen LogP) is 4.50. The Kier molecular flexibility index (Phi) is 6.48. The van der Waals surface area contributed by atoms with E-state index in [1.54, 1.807) is 48.6 Å². The smallest absolute Gasteiger partial charge is 0.275 e. The van der Waals surface area contributed by atoms with E-state index in [9.17, 15) is 14.4 Å². The third-order valence-electron chi connectivity index (χ3n) is 6.38. The fourth-order valence-corrected chi connectivity index (χ4v) is 4.22. The number of carbonyl (C=O) groups excluding carboxylic acids is 3. The van der Waals surface area contributed by atoms with E-state index in [-0.39, 0.29) is 34.8 Å². The van der Waals surface area contributed by atoms with Gasteiger partial charge in [-0.3, -0.25) is 19.5 Å². The minimum Gasteiger partial charge on any atom is -0.349 e. The number of hydrogen-bond acceptors (Lipinski definition) is 5. The van der Waals surface area contributed by atoms with Gasteiger partial charge in [-0.25, -0.2) is 4.98 Å². The maximum atomic E-state index is 13.2. The molecular formula is C28H31N7O3. The molecular weight excluding hydrogens is 482 g/mol. The Balaban J connectivity index is 1.47. The molecule has 4 N–H and O–H groups in total. The van der Waals surface area contributed by atoms with Gasteiger partial charge in [0.25, 0.3) is 11.8 Å². The van der Waals surface area contributed by atoms with Gasteiger partial charge in [0, 0.05) is 47.9 Å². The zero-order valence-electron chi connectivity index (χ0n) is 21.9. The molecule has 0 saturated heterocycles. The first kappa shape index (κ1) is 25.2.